The number of carboxylic acid groups (broad SMARTS) is 1. The molecule has 0 fully saturated rings. The molecule has 10 heavy (non-hydrogen) atoms. The summed E-state index contributed by atoms with van der Waals surface area (Å²) in [6, 6.07) is 0. The minimum atomic E-state index is -0.765. The molecule has 0 rings (SSSR count). The zero-order valence-corrected chi connectivity index (χ0v) is 7.02. The molecule has 2 nitrogen and oxygen atoms in total. The fourth-order valence-electron chi connectivity index (χ4n) is 0.436. The summed E-state index contributed by atoms with van der Waals surface area (Å²) in [6.07, 6.45) is 1.74. The minimum Gasteiger partial charge on any atom is -0.480 e. The van der Waals surface area contributed by atoms with E-state index in [0.29, 0.717) is 0 Å². The summed E-state index contributed by atoms with van der Waals surface area (Å²) in [7, 11) is 0. The number of aliphatic carboxylic acids is 1. The van der Waals surface area contributed by atoms with Crippen molar-refractivity contribution in [2.75, 3.05) is 0 Å². The lowest BCUT2D eigenvalue weighted by molar-refractivity contribution is -0.136. The monoisotopic (exact) mass is 160 g/mol. The molecule has 0 bridgehead atoms. The van der Waals surface area contributed by atoms with Crippen molar-refractivity contribution in [3.63, 3.8) is 0 Å². The van der Waals surface area contributed by atoms with Crippen molar-refractivity contribution in [1.82, 2.24) is 0 Å². The van der Waals surface area contributed by atoms with Crippen molar-refractivity contribution in [1.29, 1.82) is 0 Å². The van der Waals surface area contributed by atoms with Crippen LogP contribution in [0.25, 0.3) is 0 Å². The van der Waals surface area contributed by atoms with Gasteiger partial charge in [-0.25, -0.2) is 0 Å². The zero-order valence-electron chi connectivity index (χ0n) is 6.20. The SMILES string of the molecule is C=CC(C)SC(C)C(=O)O. The first-order chi connectivity index (χ1) is 4.57. The van der Waals surface area contributed by atoms with Crippen molar-refractivity contribution in [2.24, 2.45) is 0 Å². The molecule has 0 aliphatic heterocycles. The highest BCUT2D eigenvalue weighted by atomic mass is 32.2. The largest absolute Gasteiger partial charge is 0.480 e. The average molecular weight is 160 g/mol. The molecule has 0 amide bonds. The van der Waals surface area contributed by atoms with Crippen molar-refractivity contribution in [3.8, 4) is 0 Å². The van der Waals surface area contributed by atoms with E-state index in [2.05, 4.69) is 6.58 Å². The first kappa shape index (κ1) is 9.56. The van der Waals surface area contributed by atoms with Crippen LogP contribution in [-0.4, -0.2) is 21.6 Å². The van der Waals surface area contributed by atoms with Crippen molar-refractivity contribution >= 4 is 17.7 Å². The van der Waals surface area contributed by atoms with Crippen LogP contribution in [0.3, 0.4) is 0 Å². The molecule has 0 aromatic rings. The van der Waals surface area contributed by atoms with Gasteiger partial charge in [0.1, 0.15) is 0 Å². The first-order valence-corrected chi connectivity index (χ1v) is 4.03. The van der Waals surface area contributed by atoms with Gasteiger partial charge < -0.3 is 5.11 Å². The highest BCUT2D eigenvalue weighted by molar-refractivity contribution is 8.01. The molecule has 58 valence electrons. The van der Waals surface area contributed by atoms with Gasteiger partial charge in [0.05, 0.1) is 5.25 Å². The summed E-state index contributed by atoms with van der Waals surface area (Å²) in [5, 5.41) is 8.35. The molecule has 2 atom stereocenters. The van der Waals surface area contributed by atoms with Crippen molar-refractivity contribution in [2.45, 2.75) is 24.3 Å². The lowest BCUT2D eigenvalue weighted by Crippen LogP contribution is -2.14. The molecule has 0 aromatic carbocycles. The van der Waals surface area contributed by atoms with Gasteiger partial charge in [-0.05, 0) is 13.8 Å². The Morgan fingerprint density at radius 1 is 1.70 bits per heavy atom. The van der Waals surface area contributed by atoms with Crippen LogP contribution in [0.2, 0.25) is 0 Å². The second-order valence-electron chi connectivity index (χ2n) is 2.06. The number of carboxylic acids is 1. The molecule has 0 radical (unpaired) electrons. The van der Waals surface area contributed by atoms with E-state index in [4.69, 9.17) is 5.11 Å². The smallest absolute Gasteiger partial charge is 0.316 e. The Labute approximate surface area is 65.3 Å². The minimum absolute atomic E-state index is 0.214. The highest BCUT2D eigenvalue weighted by Crippen LogP contribution is 2.17. The Morgan fingerprint density at radius 2 is 2.20 bits per heavy atom. The van der Waals surface area contributed by atoms with Crippen molar-refractivity contribution in [3.05, 3.63) is 12.7 Å². The predicted molar refractivity (Wildman–Crippen MR) is 44.3 cm³/mol. The van der Waals surface area contributed by atoms with Crippen LogP contribution >= 0.6 is 11.8 Å². The Balaban J connectivity index is 3.67. The second kappa shape index (κ2) is 4.39. The maximum absolute atomic E-state index is 10.3. The fraction of sp³-hybridized carbons (Fsp3) is 0.571. The summed E-state index contributed by atoms with van der Waals surface area (Å²) < 4.78 is 0. The molecule has 0 aromatic heterocycles. The van der Waals surface area contributed by atoms with Crippen LogP contribution in [0.4, 0.5) is 0 Å². The fourth-order valence-corrected chi connectivity index (χ4v) is 1.31. The standard InChI is InChI=1S/C7H12O2S/c1-4-5(2)10-6(3)7(8)9/h4-6H,1H2,2-3H3,(H,8,9). The van der Waals surface area contributed by atoms with Gasteiger partial charge in [-0.3, -0.25) is 4.79 Å². The molecule has 3 heteroatoms. The third-order valence-corrected chi connectivity index (χ3v) is 2.33. The third-order valence-electron chi connectivity index (χ3n) is 1.10. The van der Waals surface area contributed by atoms with Gasteiger partial charge >= 0.3 is 5.97 Å². The van der Waals surface area contributed by atoms with Gasteiger partial charge in [0, 0.05) is 5.25 Å². The molecular formula is C7H12O2S. The summed E-state index contributed by atoms with van der Waals surface area (Å²) in [5.74, 6) is -0.765. The lowest BCUT2D eigenvalue weighted by Gasteiger charge is -2.08. The first-order valence-electron chi connectivity index (χ1n) is 3.08. The zero-order chi connectivity index (χ0) is 8.15. The Bertz CT molecular complexity index is 134. The third kappa shape index (κ3) is 3.56. The van der Waals surface area contributed by atoms with Gasteiger partial charge in [-0.1, -0.05) is 6.08 Å². The van der Waals surface area contributed by atoms with Crippen LogP contribution in [0.1, 0.15) is 13.8 Å². The highest BCUT2D eigenvalue weighted by Gasteiger charge is 2.12. The van der Waals surface area contributed by atoms with E-state index in [1.807, 2.05) is 6.92 Å². The molecule has 0 aliphatic carbocycles. The maximum atomic E-state index is 10.3. The maximum Gasteiger partial charge on any atom is 0.316 e. The molecule has 0 heterocycles. The Kier molecular flexibility index (Phi) is 4.19. The van der Waals surface area contributed by atoms with Crippen LogP contribution in [0.5, 0.6) is 0 Å². The average Bonchev–Trinajstić information content (AvgIpc) is 1.87. The molecule has 2 unspecified atom stereocenters. The van der Waals surface area contributed by atoms with Crippen LogP contribution < -0.4 is 0 Å². The van der Waals surface area contributed by atoms with Gasteiger partial charge in [-0.2, -0.15) is 0 Å². The molecular weight excluding hydrogens is 148 g/mol. The summed E-state index contributed by atoms with van der Waals surface area (Å²) >= 11 is 1.39. The molecule has 1 N–H and O–H groups in total. The summed E-state index contributed by atoms with van der Waals surface area (Å²) in [5.41, 5.74) is 0. The van der Waals surface area contributed by atoms with Crippen molar-refractivity contribution < 1.29 is 9.90 Å². The van der Waals surface area contributed by atoms with Gasteiger partial charge in [0.25, 0.3) is 0 Å². The quantitative estimate of drug-likeness (QED) is 0.637. The summed E-state index contributed by atoms with van der Waals surface area (Å²) in [4.78, 5) is 10.3. The van der Waals surface area contributed by atoms with Crippen LogP contribution in [0.15, 0.2) is 12.7 Å². The van der Waals surface area contributed by atoms with E-state index < -0.39 is 5.97 Å². The number of hydrogen-bond acceptors (Lipinski definition) is 2. The van der Waals surface area contributed by atoms with E-state index >= 15 is 0 Å². The van der Waals surface area contributed by atoms with E-state index in [0.717, 1.165) is 0 Å². The number of rotatable bonds is 4. The molecule has 0 aliphatic rings. The van der Waals surface area contributed by atoms with Gasteiger partial charge in [-0.15, -0.1) is 18.3 Å². The number of hydrogen-bond donors (Lipinski definition) is 1. The number of carbonyl (C=O) groups is 1. The van der Waals surface area contributed by atoms with Crippen LogP contribution in [-0.2, 0) is 4.79 Å². The summed E-state index contributed by atoms with van der Waals surface area (Å²) in [6.45, 7) is 7.16. The topological polar surface area (TPSA) is 37.3 Å². The van der Waals surface area contributed by atoms with Crippen LogP contribution in [0, 0.1) is 0 Å². The predicted octanol–water partition coefficient (Wildman–Crippen LogP) is 1.77. The molecule has 0 saturated heterocycles. The van der Waals surface area contributed by atoms with Gasteiger partial charge in [0.15, 0.2) is 0 Å². The molecule has 0 spiro atoms. The molecule has 0 saturated carbocycles. The van der Waals surface area contributed by atoms with E-state index in [9.17, 15) is 4.79 Å². The van der Waals surface area contributed by atoms with Gasteiger partial charge in [0.2, 0.25) is 0 Å². The van der Waals surface area contributed by atoms with E-state index in [1.54, 1.807) is 13.0 Å². The Morgan fingerprint density at radius 3 is 2.50 bits per heavy atom. The Hall–Kier alpha value is -0.440. The van der Waals surface area contributed by atoms with E-state index in [1.165, 1.54) is 11.8 Å². The van der Waals surface area contributed by atoms with E-state index in [-0.39, 0.29) is 10.5 Å². The lowest BCUT2D eigenvalue weighted by atomic mass is 10.5. The second-order valence-corrected chi connectivity index (χ2v) is 3.78. The normalized spacial score (nSPS) is 15.8. The number of thioether (sulfide) groups is 1.